The summed E-state index contributed by atoms with van der Waals surface area (Å²) >= 11 is 0. The molecule has 0 aliphatic carbocycles. The van der Waals surface area contributed by atoms with Crippen LogP contribution in [0.5, 0.6) is 0 Å². The molecule has 1 aromatic carbocycles. The molecule has 2 aromatic heterocycles. The van der Waals surface area contributed by atoms with E-state index in [0.717, 1.165) is 0 Å². The van der Waals surface area contributed by atoms with Crippen molar-refractivity contribution in [3.8, 4) is 0 Å². The number of carbonyl (C=O) groups excluding carboxylic acids is 2. The summed E-state index contributed by atoms with van der Waals surface area (Å²) in [6.07, 6.45) is 3.62. The largest absolute Gasteiger partial charge is 0.468 e. The molecule has 138 valence electrons. The van der Waals surface area contributed by atoms with Gasteiger partial charge in [0.25, 0.3) is 5.91 Å². The highest BCUT2D eigenvalue weighted by molar-refractivity contribution is 6.06. The number of aromatic nitrogens is 4. The monoisotopic (exact) mass is 366 g/mol. The fourth-order valence-electron chi connectivity index (χ4n) is 3.23. The number of carbonyl (C=O) groups is 2. The van der Waals surface area contributed by atoms with Crippen LogP contribution in [0.1, 0.15) is 22.8 Å². The molecule has 0 bridgehead atoms. The number of amides is 1. The van der Waals surface area contributed by atoms with Crippen LogP contribution in [0.25, 0.3) is 11.2 Å². The van der Waals surface area contributed by atoms with Gasteiger partial charge in [0.05, 0.1) is 19.5 Å². The van der Waals surface area contributed by atoms with Gasteiger partial charge < -0.3 is 19.9 Å². The second-order valence-electron chi connectivity index (χ2n) is 6.24. The number of esters is 1. The number of benzene rings is 1. The van der Waals surface area contributed by atoms with Gasteiger partial charge in [0.2, 0.25) is 0 Å². The molecule has 2 N–H and O–H groups in total. The van der Waals surface area contributed by atoms with Gasteiger partial charge in [0.1, 0.15) is 12.4 Å². The van der Waals surface area contributed by atoms with Gasteiger partial charge in [0.15, 0.2) is 17.0 Å². The lowest BCUT2D eigenvalue weighted by atomic mass is 10.2. The Labute approximate surface area is 154 Å². The Bertz CT molecular complexity index is 987. The number of anilines is 1. The first kappa shape index (κ1) is 17.1. The minimum absolute atomic E-state index is 0.00618. The SMILES string of the molecule is COC(=O)[C@@H]1C[C@H](n2cnc3c(NC(=O)c4ccccc4)ncnc32)CN1. The van der Waals surface area contributed by atoms with Gasteiger partial charge in [-0.15, -0.1) is 0 Å². The van der Waals surface area contributed by atoms with Crippen molar-refractivity contribution in [1.82, 2.24) is 24.8 Å². The minimum atomic E-state index is -0.350. The van der Waals surface area contributed by atoms with Crippen molar-refractivity contribution < 1.29 is 14.3 Å². The number of nitrogens with zero attached hydrogens (tertiary/aromatic N) is 4. The third-order valence-electron chi connectivity index (χ3n) is 4.61. The Morgan fingerprint density at radius 1 is 1.22 bits per heavy atom. The summed E-state index contributed by atoms with van der Waals surface area (Å²) in [5, 5.41) is 5.93. The Morgan fingerprint density at radius 2 is 2.04 bits per heavy atom. The Hall–Kier alpha value is -3.33. The van der Waals surface area contributed by atoms with Crippen molar-refractivity contribution in [3.05, 3.63) is 48.5 Å². The molecule has 1 aliphatic rings. The highest BCUT2D eigenvalue weighted by Crippen LogP contribution is 2.26. The van der Waals surface area contributed by atoms with Crippen LogP contribution in [0.3, 0.4) is 0 Å². The molecule has 0 spiro atoms. The number of rotatable bonds is 4. The van der Waals surface area contributed by atoms with E-state index in [1.807, 2.05) is 10.6 Å². The molecule has 1 fully saturated rings. The molecular weight excluding hydrogens is 348 g/mol. The zero-order chi connectivity index (χ0) is 18.8. The second kappa shape index (κ2) is 7.12. The van der Waals surface area contributed by atoms with Crippen LogP contribution >= 0.6 is 0 Å². The summed E-state index contributed by atoms with van der Waals surface area (Å²) in [6, 6.07) is 8.54. The predicted molar refractivity (Wildman–Crippen MR) is 97.2 cm³/mol. The van der Waals surface area contributed by atoms with Gasteiger partial charge in [0, 0.05) is 12.1 Å². The number of nitrogens with one attached hydrogen (secondary N) is 2. The molecule has 1 aliphatic heterocycles. The summed E-state index contributed by atoms with van der Waals surface area (Å²) < 4.78 is 6.69. The summed E-state index contributed by atoms with van der Waals surface area (Å²) in [6.45, 7) is 0.598. The normalized spacial score (nSPS) is 19.1. The molecule has 1 amide bonds. The summed E-state index contributed by atoms with van der Waals surface area (Å²) in [5.41, 5.74) is 1.64. The molecule has 0 unspecified atom stereocenters. The van der Waals surface area contributed by atoms with E-state index in [1.165, 1.54) is 13.4 Å². The molecule has 4 rings (SSSR count). The maximum Gasteiger partial charge on any atom is 0.322 e. The number of ether oxygens (including phenoxy) is 1. The smallest absolute Gasteiger partial charge is 0.322 e. The molecule has 1 saturated heterocycles. The van der Waals surface area contributed by atoms with Crippen LogP contribution in [0.2, 0.25) is 0 Å². The number of hydrogen-bond donors (Lipinski definition) is 2. The summed E-state index contributed by atoms with van der Waals surface area (Å²) in [4.78, 5) is 37.0. The third-order valence-corrected chi connectivity index (χ3v) is 4.61. The standard InChI is InChI=1S/C18H18N6O3/c1-27-18(26)13-7-12(8-19-13)24-10-22-14-15(20-9-21-16(14)24)23-17(25)11-5-3-2-4-6-11/h2-6,9-10,12-13,19H,7-8H2,1H3,(H,20,21,23,25)/t12-,13-/m0/s1. The molecule has 2 atom stereocenters. The lowest BCUT2D eigenvalue weighted by Crippen LogP contribution is -2.31. The van der Waals surface area contributed by atoms with Crippen molar-refractivity contribution in [2.75, 3.05) is 19.0 Å². The molecule has 9 heteroatoms. The highest BCUT2D eigenvalue weighted by atomic mass is 16.5. The molecule has 0 radical (unpaired) electrons. The zero-order valence-electron chi connectivity index (χ0n) is 14.6. The molecular formula is C18H18N6O3. The van der Waals surface area contributed by atoms with Crippen molar-refractivity contribution in [2.45, 2.75) is 18.5 Å². The fraction of sp³-hybridized carbons (Fsp3) is 0.278. The van der Waals surface area contributed by atoms with Crippen LogP contribution in [0.4, 0.5) is 5.82 Å². The van der Waals surface area contributed by atoms with E-state index in [1.54, 1.807) is 30.6 Å². The van der Waals surface area contributed by atoms with Gasteiger partial charge in [-0.1, -0.05) is 18.2 Å². The van der Waals surface area contributed by atoms with Crippen LogP contribution < -0.4 is 10.6 Å². The minimum Gasteiger partial charge on any atom is -0.468 e. The summed E-state index contributed by atoms with van der Waals surface area (Å²) in [5.74, 6) is -0.200. The highest BCUT2D eigenvalue weighted by Gasteiger charge is 2.32. The number of methoxy groups -OCH3 is 1. The van der Waals surface area contributed by atoms with Crippen LogP contribution in [-0.4, -0.2) is 51.1 Å². The quantitative estimate of drug-likeness (QED) is 0.666. The van der Waals surface area contributed by atoms with E-state index in [2.05, 4.69) is 25.6 Å². The zero-order valence-corrected chi connectivity index (χ0v) is 14.6. The van der Waals surface area contributed by atoms with E-state index in [9.17, 15) is 9.59 Å². The van der Waals surface area contributed by atoms with E-state index in [-0.39, 0.29) is 24.0 Å². The predicted octanol–water partition coefficient (Wildman–Crippen LogP) is 1.15. The van der Waals surface area contributed by atoms with Crippen molar-refractivity contribution >= 4 is 28.9 Å². The van der Waals surface area contributed by atoms with Crippen molar-refractivity contribution in [2.24, 2.45) is 0 Å². The average Bonchev–Trinajstić information content (AvgIpc) is 3.35. The fourth-order valence-corrected chi connectivity index (χ4v) is 3.23. The van der Waals surface area contributed by atoms with Gasteiger partial charge in [-0.25, -0.2) is 15.0 Å². The van der Waals surface area contributed by atoms with E-state index in [0.29, 0.717) is 35.5 Å². The van der Waals surface area contributed by atoms with E-state index < -0.39 is 0 Å². The summed E-state index contributed by atoms with van der Waals surface area (Å²) in [7, 11) is 1.37. The molecule has 0 saturated carbocycles. The van der Waals surface area contributed by atoms with Gasteiger partial charge in [-0.2, -0.15) is 0 Å². The topological polar surface area (TPSA) is 111 Å². The second-order valence-corrected chi connectivity index (χ2v) is 6.24. The molecule has 3 heterocycles. The lowest BCUT2D eigenvalue weighted by molar-refractivity contribution is -0.142. The maximum absolute atomic E-state index is 12.4. The first-order valence-corrected chi connectivity index (χ1v) is 8.52. The van der Waals surface area contributed by atoms with Crippen LogP contribution in [-0.2, 0) is 9.53 Å². The number of hydrogen-bond acceptors (Lipinski definition) is 7. The van der Waals surface area contributed by atoms with Crippen molar-refractivity contribution in [1.29, 1.82) is 0 Å². The van der Waals surface area contributed by atoms with Gasteiger partial charge in [-0.05, 0) is 18.6 Å². The Morgan fingerprint density at radius 3 is 2.81 bits per heavy atom. The molecule has 3 aromatic rings. The third kappa shape index (κ3) is 3.24. The van der Waals surface area contributed by atoms with Gasteiger partial charge >= 0.3 is 5.97 Å². The average molecular weight is 366 g/mol. The van der Waals surface area contributed by atoms with E-state index >= 15 is 0 Å². The maximum atomic E-state index is 12.4. The van der Waals surface area contributed by atoms with Crippen LogP contribution in [0, 0.1) is 0 Å². The van der Waals surface area contributed by atoms with Crippen LogP contribution in [0.15, 0.2) is 43.0 Å². The Balaban J connectivity index is 1.59. The molecule has 9 nitrogen and oxygen atoms in total. The first-order valence-electron chi connectivity index (χ1n) is 8.52. The molecule has 27 heavy (non-hydrogen) atoms. The van der Waals surface area contributed by atoms with Gasteiger partial charge in [-0.3, -0.25) is 9.59 Å². The first-order chi connectivity index (χ1) is 13.2. The lowest BCUT2D eigenvalue weighted by Gasteiger charge is -2.11. The number of imidazole rings is 1. The Kier molecular flexibility index (Phi) is 4.51. The van der Waals surface area contributed by atoms with Crippen molar-refractivity contribution in [3.63, 3.8) is 0 Å². The van der Waals surface area contributed by atoms with E-state index in [4.69, 9.17) is 4.74 Å². The number of fused-ring (bicyclic) bond motifs is 1.